The van der Waals surface area contributed by atoms with E-state index >= 15 is 0 Å². The van der Waals surface area contributed by atoms with Gasteiger partial charge < -0.3 is 9.84 Å². The van der Waals surface area contributed by atoms with Crippen molar-refractivity contribution < 1.29 is 23.1 Å². The summed E-state index contributed by atoms with van der Waals surface area (Å²) in [5.41, 5.74) is -0.415. The molecule has 1 aliphatic carbocycles. The predicted molar refractivity (Wildman–Crippen MR) is 69.7 cm³/mol. The molecule has 0 atom stereocenters. The van der Waals surface area contributed by atoms with Crippen molar-refractivity contribution in [3.8, 4) is 0 Å². The van der Waals surface area contributed by atoms with Gasteiger partial charge in [0.25, 0.3) is 0 Å². The van der Waals surface area contributed by atoms with E-state index in [1.807, 2.05) is 0 Å². The molecule has 112 valence electrons. The van der Waals surface area contributed by atoms with E-state index in [9.17, 15) is 18.3 Å². The molecule has 0 unspecified atom stereocenters. The molecule has 0 heterocycles. The number of hydrogen-bond acceptors (Lipinski definition) is 5. The van der Waals surface area contributed by atoms with Crippen LogP contribution in [0.3, 0.4) is 0 Å². The van der Waals surface area contributed by atoms with Gasteiger partial charge in [-0.25, -0.2) is 9.52 Å². The van der Waals surface area contributed by atoms with Crippen LogP contribution in [-0.2, 0) is 14.9 Å². The highest BCUT2D eigenvalue weighted by Gasteiger charge is 2.32. The van der Waals surface area contributed by atoms with Crippen molar-refractivity contribution in [1.82, 2.24) is 9.44 Å². The molecule has 0 aromatic heterocycles. The quantitative estimate of drug-likeness (QED) is 0.662. The summed E-state index contributed by atoms with van der Waals surface area (Å²) in [4.78, 5) is 11.1. The average molecular weight is 294 g/mol. The van der Waals surface area contributed by atoms with E-state index in [2.05, 4.69) is 9.46 Å². The predicted octanol–water partition coefficient (Wildman–Crippen LogP) is 0.510. The lowest BCUT2D eigenvalue weighted by molar-refractivity contribution is 0.0866. The highest BCUT2D eigenvalue weighted by molar-refractivity contribution is 7.88. The van der Waals surface area contributed by atoms with Gasteiger partial charge in [0.05, 0.1) is 6.61 Å². The zero-order valence-electron chi connectivity index (χ0n) is 11.1. The van der Waals surface area contributed by atoms with Gasteiger partial charge in [0.1, 0.15) is 0 Å². The third-order valence-corrected chi connectivity index (χ3v) is 4.34. The number of nitrogens with one attached hydrogen (secondary N) is 2. The molecule has 19 heavy (non-hydrogen) atoms. The van der Waals surface area contributed by atoms with Gasteiger partial charge in [0.15, 0.2) is 0 Å². The van der Waals surface area contributed by atoms with Gasteiger partial charge in [-0.3, -0.25) is 0 Å². The maximum Gasteiger partial charge on any atom is 0.421 e. The Hall–Kier alpha value is -0.860. The SMILES string of the molecule is CCOC(=O)NS(=O)(=O)NCC1(CO)CCCCC1. The maximum atomic E-state index is 11.6. The lowest BCUT2D eigenvalue weighted by atomic mass is 9.75. The largest absolute Gasteiger partial charge is 0.449 e. The van der Waals surface area contributed by atoms with E-state index < -0.39 is 21.7 Å². The highest BCUT2D eigenvalue weighted by Crippen LogP contribution is 2.35. The molecule has 0 aliphatic heterocycles. The van der Waals surface area contributed by atoms with E-state index in [1.165, 1.54) is 0 Å². The Labute approximate surface area is 113 Å². The molecule has 0 spiro atoms. The van der Waals surface area contributed by atoms with Crippen LogP contribution in [0, 0.1) is 5.41 Å². The van der Waals surface area contributed by atoms with Crippen LogP contribution in [0.2, 0.25) is 0 Å². The Morgan fingerprint density at radius 2 is 1.95 bits per heavy atom. The highest BCUT2D eigenvalue weighted by atomic mass is 32.2. The summed E-state index contributed by atoms with van der Waals surface area (Å²) >= 11 is 0. The van der Waals surface area contributed by atoms with E-state index in [-0.39, 0.29) is 19.8 Å². The average Bonchev–Trinajstić information content (AvgIpc) is 2.37. The summed E-state index contributed by atoms with van der Waals surface area (Å²) in [5, 5.41) is 9.46. The fraction of sp³-hybridized carbons (Fsp3) is 0.909. The lowest BCUT2D eigenvalue weighted by Crippen LogP contribution is -2.47. The number of carbonyl (C=O) groups is 1. The first-order valence-corrected chi connectivity index (χ1v) is 7.96. The van der Waals surface area contributed by atoms with Gasteiger partial charge in [0.2, 0.25) is 0 Å². The molecule has 1 fully saturated rings. The fourth-order valence-electron chi connectivity index (χ4n) is 2.25. The van der Waals surface area contributed by atoms with Gasteiger partial charge in [-0.15, -0.1) is 0 Å². The Bertz CT molecular complexity index is 390. The van der Waals surface area contributed by atoms with Crippen molar-refractivity contribution in [3.63, 3.8) is 0 Å². The van der Waals surface area contributed by atoms with Gasteiger partial charge >= 0.3 is 16.3 Å². The molecule has 1 rings (SSSR count). The van der Waals surface area contributed by atoms with E-state index in [4.69, 9.17) is 0 Å². The van der Waals surface area contributed by atoms with Crippen LogP contribution in [0.1, 0.15) is 39.0 Å². The van der Waals surface area contributed by atoms with Crippen LogP contribution in [0.5, 0.6) is 0 Å². The first-order chi connectivity index (χ1) is 8.93. The van der Waals surface area contributed by atoms with Crippen LogP contribution >= 0.6 is 0 Å². The molecule has 0 aromatic rings. The molecule has 3 N–H and O–H groups in total. The van der Waals surface area contributed by atoms with Crippen LogP contribution in [0.4, 0.5) is 4.79 Å². The Morgan fingerprint density at radius 1 is 1.32 bits per heavy atom. The Balaban J connectivity index is 2.51. The van der Waals surface area contributed by atoms with Crippen molar-refractivity contribution in [3.05, 3.63) is 0 Å². The van der Waals surface area contributed by atoms with Crippen LogP contribution in [-0.4, -0.2) is 39.4 Å². The van der Waals surface area contributed by atoms with Gasteiger partial charge in [-0.05, 0) is 19.8 Å². The van der Waals surface area contributed by atoms with E-state index in [1.54, 1.807) is 11.6 Å². The number of carbonyl (C=O) groups excluding carboxylic acids is 1. The standard InChI is InChI=1S/C11H22N2O5S/c1-2-18-10(15)13-19(16,17)12-8-11(9-14)6-4-3-5-7-11/h12,14H,2-9H2,1H3,(H,13,15). The number of aliphatic hydroxyl groups is 1. The molecular weight excluding hydrogens is 272 g/mol. The van der Waals surface area contributed by atoms with Crippen molar-refractivity contribution >= 4 is 16.3 Å². The van der Waals surface area contributed by atoms with Gasteiger partial charge in [0, 0.05) is 18.6 Å². The molecular formula is C11H22N2O5S. The van der Waals surface area contributed by atoms with Crippen molar-refractivity contribution in [2.24, 2.45) is 5.41 Å². The third-order valence-electron chi connectivity index (χ3n) is 3.38. The molecule has 1 saturated carbocycles. The summed E-state index contributed by atoms with van der Waals surface area (Å²) < 4.78 is 31.8. The second-order valence-electron chi connectivity index (χ2n) is 4.87. The molecule has 1 aliphatic rings. The number of amides is 1. The van der Waals surface area contributed by atoms with Crippen LogP contribution < -0.4 is 9.44 Å². The molecule has 0 bridgehead atoms. The molecule has 0 aromatic carbocycles. The molecule has 8 heteroatoms. The number of aliphatic hydroxyl groups excluding tert-OH is 1. The minimum absolute atomic E-state index is 0.0606. The fourth-order valence-corrected chi connectivity index (χ4v) is 3.09. The van der Waals surface area contributed by atoms with Crippen molar-refractivity contribution in [1.29, 1.82) is 0 Å². The maximum absolute atomic E-state index is 11.6. The first-order valence-electron chi connectivity index (χ1n) is 6.48. The topological polar surface area (TPSA) is 105 Å². The summed E-state index contributed by atoms with van der Waals surface area (Å²) in [5.74, 6) is 0. The van der Waals surface area contributed by atoms with E-state index in [0.29, 0.717) is 0 Å². The van der Waals surface area contributed by atoms with Gasteiger partial charge in [-0.2, -0.15) is 13.1 Å². The first kappa shape index (κ1) is 16.2. The normalized spacial score (nSPS) is 18.8. The zero-order chi connectivity index (χ0) is 14.4. The van der Waals surface area contributed by atoms with Crippen molar-refractivity contribution in [2.45, 2.75) is 39.0 Å². The summed E-state index contributed by atoms with van der Waals surface area (Å²) in [6.45, 7) is 1.75. The molecule has 7 nitrogen and oxygen atoms in total. The number of hydrogen-bond donors (Lipinski definition) is 3. The summed E-state index contributed by atoms with van der Waals surface area (Å²) in [7, 11) is -3.94. The minimum atomic E-state index is -3.94. The monoisotopic (exact) mass is 294 g/mol. The van der Waals surface area contributed by atoms with E-state index in [0.717, 1.165) is 32.1 Å². The third kappa shape index (κ3) is 5.33. The Kier molecular flexibility index (Phi) is 6.02. The zero-order valence-corrected chi connectivity index (χ0v) is 12.0. The second kappa shape index (κ2) is 7.06. The smallest absolute Gasteiger partial charge is 0.421 e. The molecule has 0 saturated heterocycles. The molecule has 1 amide bonds. The lowest BCUT2D eigenvalue weighted by Gasteiger charge is -2.35. The van der Waals surface area contributed by atoms with Gasteiger partial charge in [-0.1, -0.05) is 19.3 Å². The number of rotatable bonds is 6. The minimum Gasteiger partial charge on any atom is -0.449 e. The summed E-state index contributed by atoms with van der Waals surface area (Å²) in [6.07, 6.45) is 3.63. The second-order valence-corrected chi connectivity index (χ2v) is 6.37. The summed E-state index contributed by atoms with van der Waals surface area (Å²) in [6, 6.07) is 0. The Morgan fingerprint density at radius 3 is 2.47 bits per heavy atom. The number of ether oxygens (including phenoxy) is 1. The van der Waals surface area contributed by atoms with Crippen LogP contribution in [0.15, 0.2) is 0 Å². The molecule has 0 radical (unpaired) electrons. The van der Waals surface area contributed by atoms with Crippen LogP contribution in [0.25, 0.3) is 0 Å². The van der Waals surface area contributed by atoms with Crippen molar-refractivity contribution in [2.75, 3.05) is 19.8 Å².